The van der Waals surface area contributed by atoms with Crippen LogP contribution in [0.15, 0.2) is 42.5 Å². The van der Waals surface area contributed by atoms with E-state index < -0.39 is 11.0 Å². The number of amides is 2. The first-order valence-corrected chi connectivity index (χ1v) is 9.73. The quantitative estimate of drug-likeness (QED) is 0.557. The summed E-state index contributed by atoms with van der Waals surface area (Å²) in [6.07, 6.45) is 2.35. The predicted molar refractivity (Wildman–Crippen MR) is 109 cm³/mol. The van der Waals surface area contributed by atoms with Gasteiger partial charge in [0.05, 0.1) is 4.92 Å². The van der Waals surface area contributed by atoms with Gasteiger partial charge >= 0.3 is 0 Å². The van der Waals surface area contributed by atoms with Crippen LogP contribution in [0.1, 0.15) is 29.6 Å². The highest BCUT2D eigenvalue weighted by Gasteiger charge is 2.34. The minimum absolute atomic E-state index is 0.160. The highest BCUT2D eigenvalue weighted by molar-refractivity contribution is 6.31. The van der Waals surface area contributed by atoms with Gasteiger partial charge in [0, 0.05) is 34.9 Å². The fourth-order valence-corrected chi connectivity index (χ4v) is 3.53. The topological polar surface area (TPSA) is 105 Å². The van der Waals surface area contributed by atoms with E-state index in [4.69, 9.17) is 11.6 Å². The Morgan fingerprint density at radius 3 is 2.66 bits per heavy atom. The summed E-state index contributed by atoms with van der Waals surface area (Å²) in [5, 5.41) is 17.9. The Morgan fingerprint density at radius 1 is 1.17 bits per heavy atom. The molecule has 9 heteroatoms. The molecule has 1 aliphatic carbocycles. The van der Waals surface area contributed by atoms with E-state index in [9.17, 15) is 19.7 Å². The van der Waals surface area contributed by atoms with Gasteiger partial charge in [-0.05, 0) is 49.6 Å². The molecular formula is C20H19ClN4O4. The minimum atomic E-state index is -0.598. The molecular weight excluding hydrogens is 396 g/mol. The lowest BCUT2D eigenvalue weighted by atomic mass is 10.1. The van der Waals surface area contributed by atoms with Gasteiger partial charge in [-0.1, -0.05) is 17.7 Å². The Hall–Kier alpha value is -3.13. The number of benzene rings is 2. The number of nitro benzene ring substituents is 1. The van der Waals surface area contributed by atoms with Gasteiger partial charge in [0.2, 0.25) is 5.91 Å². The summed E-state index contributed by atoms with van der Waals surface area (Å²) >= 11 is 6.01. The maximum absolute atomic E-state index is 12.8. The van der Waals surface area contributed by atoms with E-state index in [1.807, 2.05) is 0 Å². The zero-order valence-corrected chi connectivity index (χ0v) is 16.2. The number of carbonyl (C=O) groups is 2. The van der Waals surface area contributed by atoms with Gasteiger partial charge in [0.15, 0.2) is 0 Å². The van der Waals surface area contributed by atoms with Crippen LogP contribution in [0.25, 0.3) is 0 Å². The average Bonchev–Trinajstić information content (AvgIpc) is 3.43. The monoisotopic (exact) mass is 414 g/mol. The van der Waals surface area contributed by atoms with Crippen molar-refractivity contribution in [3.05, 3.63) is 63.2 Å². The van der Waals surface area contributed by atoms with Crippen molar-refractivity contribution in [1.29, 1.82) is 0 Å². The van der Waals surface area contributed by atoms with Crippen molar-refractivity contribution < 1.29 is 14.5 Å². The number of halogens is 1. The molecule has 2 aromatic rings. The minimum Gasteiger partial charge on any atom is -0.368 e. The molecule has 0 radical (unpaired) electrons. The summed E-state index contributed by atoms with van der Waals surface area (Å²) in [6, 6.07) is 10.8. The van der Waals surface area contributed by atoms with Crippen LogP contribution < -0.4 is 15.5 Å². The van der Waals surface area contributed by atoms with E-state index in [1.165, 1.54) is 18.2 Å². The molecule has 1 atom stereocenters. The van der Waals surface area contributed by atoms with E-state index in [0.717, 1.165) is 12.8 Å². The molecule has 150 valence electrons. The van der Waals surface area contributed by atoms with Gasteiger partial charge < -0.3 is 15.5 Å². The van der Waals surface area contributed by atoms with Crippen LogP contribution in [-0.4, -0.2) is 35.4 Å². The largest absolute Gasteiger partial charge is 0.368 e. The summed E-state index contributed by atoms with van der Waals surface area (Å²) in [7, 11) is 0. The van der Waals surface area contributed by atoms with Crippen molar-refractivity contribution in [2.75, 3.05) is 16.8 Å². The Kier molecular flexibility index (Phi) is 5.10. The molecule has 0 bridgehead atoms. The maximum atomic E-state index is 12.8. The van der Waals surface area contributed by atoms with Crippen molar-refractivity contribution >= 4 is 40.5 Å². The van der Waals surface area contributed by atoms with Crippen molar-refractivity contribution in [1.82, 2.24) is 5.32 Å². The maximum Gasteiger partial charge on any atom is 0.293 e. The highest BCUT2D eigenvalue weighted by atomic mass is 35.5. The summed E-state index contributed by atoms with van der Waals surface area (Å²) in [6.45, 7) is 0.479. The lowest BCUT2D eigenvalue weighted by Gasteiger charge is -2.18. The van der Waals surface area contributed by atoms with Gasteiger partial charge in [0.25, 0.3) is 11.6 Å². The Labute approximate surface area is 172 Å². The number of nitro groups is 1. The van der Waals surface area contributed by atoms with E-state index in [1.54, 1.807) is 29.2 Å². The van der Waals surface area contributed by atoms with Crippen molar-refractivity contribution in [2.45, 2.75) is 31.3 Å². The second kappa shape index (κ2) is 7.71. The van der Waals surface area contributed by atoms with Gasteiger partial charge in [-0.3, -0.25) is 19.7 Å². The smallest absolute Gasteiger partial charge is 0.293 e. The molecule has 1 heterocycles. The third kappa shape index (κ3) is 4.17. The Bertz CT molecular complexity index is 992. The molecule has 8 nitrogen and oxygen atoms in total. The third-order valence-corrected chi connectivity index (χ3v) is 5.26. The first kappa shape index (κ1) is 19.2. The standard InChI is InChI=1S/C20H19ClN4O4/c21-13-2-1-3-15(11-13)24-9-8-17(20(24)27)23-16-7-4-12(10-18(16)25(28)29)19(26)22-14-5-6-14/h1-4,7,10-11,14,17,23H,5-6,8-9H2,(H,22,26). The second-order valence-electron chi connectivity index (χ2n) is 7.19. The molecule has 2 fully saturated rings. The summed E-state index contributed by atoms with van der Waals surface area (Å²) < 4.78 is 0. The van der Waals surface area contributed by atoms with Crippen molar-refractivity contribution in [3.8, 4) is 0 Å². The summed E-state index contributed by atoms with van der Waals surface area (Å²) in [5.74, 6) is -0.511. The highest BCUT2D eigenvalue weighted by Crippen LogP contribution is 2.30. The van der Waals surface area contributed by atoms with Crippen LogP contribution in [0.5, 0.6) is 0 Å². The Balaban J connectivity index is 1.52. The summed E-state index contributed by atoms with van der Waals surface area (Å²) in [4.78, 5) is 37.6. The molecule has 1 saturated carbocycles. The number of carbonyl (C=O) groups excluding carboxylic acids is 2. The number of nitrogens with one attached hydrogen (secondary N) is 2. The molecule has 2 aromatic carbocycles. The van der Waals surface area contributed by atoms with Crippen LogP contribution in [-0.2, 0) is 4.79 Å². The molecule has 1 saturated heterocycles. The molecule has 2 amide bonds. The van der Waals surface area contributed by atoms with Gasteiger partial charge in [0.1, 0.15) is 11.7 Å². The first-order valence-electron chi connectivity index (χ1n) is 9.35. The molecule has 1 aliphatic heterocycles. The second-order valence-corrected chi connectivity index (χ2v) is 7.63. The molecule has 4 rings (SSSR count). The van der Waals surface area contributed by atoms with E-state index >= 15 is 0 Å². The normalized spacial score (nSPS) is 18.6. The van der Waals surface area contributed by atoms with Crippen LogP contribution in [0.2, 0.25) is 5.02 Å². The average molecular weight is 415 g/mol. The molecule has 29 heavy (non-hydrogen) atoms. The zero-order valence-electron chi connectivity index (χ0n) is 15.4. The number of nitrogens with zero attached hydrogens (tertiary/aromatic N) is 2. The van der Waals surface area contributed by atoms with Gasteiger partial charge in [-0.2, -0.15) is 0 Å². The number of hydrogen-bond acceptors (Lipinski definition) is 5. The molecule has 2 N–H and O–H groups in total. The number of rotatable bonds is 6. The van der Waals surface area contributed by atoms with Crippen LogP contribution in [0, 0.1) is 10.1 Å². The summed E-state index contributed by atoms with van der Waals surface area (Å²) in [5.41, 5.74) is 0.896. The third-order valence-electron chi connectivity index (χ3n) is 5.02. The predicted octanol–water partition coefficient (Wildman–Crippen LogP) is 3.36. The van der Waals surface area contributed by atoms with Crippen LogP contribution >= 0.6 is 11.6 Å². The van der Waals surface area contributed by atoms with Crippen LogP contribution in [0.3, 0.4) is 0 Å². The lowest BCUT2D eigenvalue weighted by Crippen LogP contribution is -2.33. The molecule has 1 unspecified atom stereocenters. The number of anilines is 2. The van der Waals surface area contributed by atoms with E-state index in [-0.39, 0.29) is 34.8 Å². The van der Waals surface area contributed by atoms with Crippen molar-refractivity contribution in [2.24, 2.45) is 0 Å². The molecule has 0 aromatic heterocycles. The SMILES string of the molecule is O=C(NC1CC1)c1ccc(NC2CCN(c3cccc(Cl)c3)C2=O)c([N+](=O)[O-])c1. The molecule has 2 aliphatic rings. The Morgan fingerprint density at radius 2 is 1.97 bits per heavy atom. The fraction of sp³-hybridized carbons (Fsp3) is 0.300. The lowest BCUT2D eigenvalue weighted by molar-refractivity contribution is -0.384. The van der Waals surface area contributed by atoms with Crippen molar-refractivity contribution in [3.63, 3.8) is 0 Å². The van der Waals surface area contributed by atoms with E-state index in [2.05, 4.69) is 10.6 Å². The van der Waals surface area contributed by atoms with E-state index in [0.29, 0.717) is 23.7 Å². The number of hydrogen-bond donors (Lipinski definition) is 2. The van der Waals surface area contributed by atoms with Gasteiger partial charge in [-0.15, -0.1) is 0 Å². The van der Waals surface area contributed by atoms with Gasteiger partial charge in [-0.25, -0.2) is 0 Å². The van der Waals surface area contributed by atoms with Crippen LogP contribution in [0.4, 0.5) is 17.1 Å². The fourth-order valence-electron chi connectivity index (χ4n) is 3.34. The zero-order chi connectivity index (χ0) is 20.5. The molecule has 0 spiro atoms. The first-order chi connectivity index (χ1) is 13.9.